The van der Waals surface area contributed by atoms with Gasteiger partial charge >= 0.3 is 0 Å². The minimum Gasteiger partial charge on any atom is -0.329 e. The molecule has 2 aromatic carbocycles. The first-order valence-electron chi connectivity index (χ1n) is 12.4. The summed E-state index contributed by atoms with van der Waals surface area (Å²) in [6.45, 7) is 3.07. The maximum Gasteiger partial charge on any atom is 0.244 e. The van der Waals surface area contributed by atoms with E-state index in [1.54, 1.807) is 26.1 Å². The first-order valence-corrected chi connectivity index (χ1v) is 12.4. The van der Waals surface area contributed by atoms with E-state index in [0.29, 0.717) is 36.2 Å². The van der Waals surface area contributed by atoms with Gasteiger partial charge in [0.05, 0.1) is 5.41 Å². The molecule has 2 N–H and O–H groups in total. The summed E-state index contributed by atoms with van der Waals surface area (Å²) in [5.41, 5.74) is 3.28. The van der Waals surface area contributed by atoms with E-state index in [1.807, 2.05) is 24.3 Å². The number of hydrogen-bond acceptors (Lipinski definition) is 5. The number of carbonyl (C=O) groups excluding carboxylic acids is 4. The first-order chi connectivity index (χ1) is 18.2. The maximum absolute atomic E-state index is 13.8. The lowest BCUT2D eigenvalue weighted by Gasteiger charge is -2.25. The molecule has 3 amide bonds. The van der Waals surface area contributed by atoms with Gasteiger partial charge in [0.2, 0.25) is 17.7 Å². The molecule has 8 nitrogen and oxygen atoms in total. The Hall–Kier alpha value is -4.40. The molecule has 0 fully saturated rings. The standard InChI is InChI=1S/C29H27FN4O4/c1-17(2)27(37)34(14-21-10-22(30)7-5-19(21)16-35)15-25(36)32-23-8-6-18-12-29(13-20(18)11-23)24-4-3-9-31-26(24)33-28(29)38/h3-11,16-17H,12-15H2,1-2H3,(H,32,36)(H,31,33,38). The summed E-state index contributed by atoms with van der Waals surface area (Å²) in [6.07, 6.45) is 3.28. The van der Waals surface area contributed by atoms with E-state index in [2.05, 4.69) is 15.6 Å². The van der Waals surface area contributed by atoms with E-state index >= 15 is 0 Å². The SMILES string of the molecule is CC(C)C(=O)N(CC(=O)Nc1ccc2c(c1)CC1(C2)C(=O)Nc2ncccc21)Cc1cc(F)ccc1C=O. The Morgan fingerprint density at radius 3 is 2.71 bits per heavy atom. The summed E-state index contributed by atoms with van der Waals surface area (Å²) >= 11 is 0. The lowest BCUT2D eigenvalue weighted by molar-refractivity contribution is -0.138. The second-order valence-electron chi connectivity index (χ2n) is 10.1. The van der Waals surface area contributed by atoms with Crippen LogP contribution in [-0.4, -0.2) is 40.4 Å². The molecule has 38 heavy (non-hydrogen) atoms. The Labute approximate surface area is 219 Å². The molecule has 0 radical (unpaired) electrons. The fourth-order valence-corrected chi connectivity index (χ4v) is 5.33. The van der Waals surface area contributed by atoms with Crippen LogP contribution in [-0.2, 0) is 39.2 Å². The molecule has 1 aromatic heterocycles. The van der Waals surface area contributed by atoms with Crippen LogP contribution < -0.4 is 10.6 Å². The van der Waals surface area contributed by atoms with Crippen LogP contribution in [0.1, 0.15) is 46.5 Å². The van der Waals surface area contributed by atoms with Gasteiger partial charge in [0.1, 0.15) is 24.5 Å². The summed E-state index contributed by atoms with van der Waals surface area (Å²) in [4.78, 5) is 55.8. The van der Waals surface area contributed by atoms with E-state index in [9.17, 15) is 23.6 Å². The Kier molecular flexibility index (Phi) is 6.52. The van der Waals surface area contributed by atoms with Crippen molar-refractivity contribution in [2.75, 3.05) is 17.2 Å². The lowest BCUT2D eigenvalue weighted by atomic mass is 9.79. The average molecular weight is 515 g/mol. The van der Waals surface area contributed by atoms with Crippen molar-refractivity contribution >= 4 is 35.5 Å². The van der Waals surface area contributed by atoms with Gasteiger partial charge in [0, 0.05) is 35.5 Å². The molecule has 1 spiro atoms. The van der Waals surface area contributed by atoms with Gasteiger partial charge in [-0.1, -0.05) is 26.0 Å². The van der Waals surface area contributed by atoms with Crippen LogP contribution in [0.3, 0.4) is 0 Å². The van der Waals surface area contributed by atoms with Gasteiger partial charge in [-0.25, -0.2) is 9.37 Å². The lowest BCUT2D eigenvalue weighted by Crippen LogP contribution is -2.40. The number of nitrogens with zero attached hydrogens (tertiary/aromatic N) is 2. The second kappa shape index (κ2) is 9.81. The van der Waals surface area contributed by atoms with Crippen molar-refractivity contribution in [2.45, 2.75) is 38.6 Å². The number of pyridine rings is 1. The van der Waals surface area contributed by atoms with Crippen LogP contribution in [0.4, 0.5) is 15.9 Å². The van der Waals surface area contributed by atoms with Crippen molar-refractivity contribution in [1.29, 1.82) is 0 Å². The number of hydrogen-bond donors (Lipinski definition) is 2. The third kappa shape index (κ3) is 4.55. The smallest absolute Gasteiger partial charge is 0.244 e. The number of anilines is 2. The number of carbonyl (C=O) groups is 4. The third-order valence-corrected chi connectivity index (χ3v) is 7.20. The summed E-state index contributed by atoms with van der Waals surface area (Å²) < 4.78 is 13.8. The van der Waals surface area contributed by atoms with Gasteiger partial charge in [-0.05, 0) is 65.9 Å². The van der Waals surface area contributed by atoms with Crippen LogP contribution in [0.25, 0.3) is 0 Å². The largest absolute Gasteiger partial charge is 0.329 e. The molecule has 0 saturated carbocycles. The second-order valence-corrected chi connectivity index (χ2v) is 10.1. The molecule has 2 aliphatic rings. The zero-order chi connectivity index (χ0) is 27.0. The molecular weight excluding hydrogens is 487 g/mol. The highest BCUT2D eigenvalue weighted by molar-refractivity contribution is 6.06. The van der Waals surface area contributed by atoms with Crippen LogP contribution in [0.5, 0.6) is 0 Å². The fourth-order valence-electron chi connectivity index (χ4n) is 5.33. The maximum atomic E-state index is 13.8. The highest BCUT2D eigenvalue weighted by Crippen LogP contribution is 2.46. The van der Waals surface area contributed by atoms with Crippen LogP contribution in [0.2, 0.25) is 0 Å². The Balaban J connectivity index is 1.32. The summed E-state index contributed by atoms with van der Waals surface area (Å²) in [5, 5.41) is 5.72. The van der Waals surface area contributed by atoms with Crippen molar-refractivity contribution in [1.82, 2.24) is 9.88 Å². The zero-order valence-corrected chi connectivity index (χ0v) is 21.1. The highest BCUT2D eigenvalue weighted by atomic mass is 19.1. The molecule has 1 aliphatic carbocycles. The number of aromatic nitrogens is 1. The topological polar surface area (TPSA) is 108 Å². The highest BCUT2D eigenvalue weighted by Gasteiger charge is 2.51. The van der Waals surface area contributed by atoms with Gasteiger partial charge in [-0.15, -0.1) is 0 Å². The molecule has 0 saturated heterocycles. The molecule has 1 aliphatic heterocycles. The van der Waals surface area contributed by atoms with Crippen molar-refractivity contribution in [3.05, 3.63) is 88.4 Å². The van der Waals surface area contributed by atoms with Crippen molar-refractivity contribution in [3.8, 4) is 0 Å². The molecule has 1 atom stereocenters. The van der Waals surface area contributed by atoms with E-state index < -0.39 is 23.1 Å². The molecule has 2 heterocycles. The average Bonchev–Trinajstić information content (AvgIpc) is 3.40. The predicted molar refractivity (Wildman–Crippen MR) is 139 cm³/mol. The van der Waals surface area contributed by atoms with Crippen molar-refractivity contribution < 1.29 is 23.6 Å². The van der Waals surface area contributed by atoms with Gasteiger partial charge in [-0.3, -0.25) is 19.2 Å². The van der Waals surface area contributed by atoms with Gasteiger partial charge in [0.25, 0.3) is 0 Å². The molecule has 3 aromatic rings. The fraction of sp³-hybridized carbons (Fsp3) is 0.276. The summed E-state index contributed by atoms with van der Waals surface area (Å²) in [7, 11) is 0. The molecule has 5 rings (SSSR count). The normalized spacial score (nSPS) is 17.2. The monoisotopic (exact) mass is 514 g/mol. The Morgan fingerprint density at radius 2 is 1.95 bits per heavy atom. The zero-order valence-electron chi connectivity index (χ0n) is 21.1. The van der Waals surface area contributed by atoms with E-state index in [-0.39, 0.29) is 30.5 Å². The minimum atomic E-state index is -0.712. The Morgan fingerprint density at radius 1 is 1.16 bits per heavy atom. The van der Waals surface area contributed by atoms with Gasteiger partial charge < -0.3 is 15.5 Å². The van der Waals surface area contributed by atoms with E-state index in [4.69, 9.17) is 0 Å². The molecule has 0 bridgehead atoms. The molecule has 1 unspecified atom stereocenters. The number of aldehydes is 1. The quantitative estimate of drug-likeness (QED) is 0.468. The predicted octanol–water partition coefficient (Wildman–Crippen LogP) is 3.65. The minimum absolute atomic E-state index is 0.0778. The van der Waals surface area contributed by atoms with E-state index in [0.717, 1.165) is 16.7 Å². The van der Waals surface area contributed by atoms with Crippen LogP contribution in [0, 0.1) is 11.7 Å². The summed E-state index contributed by atoms with van der Waals surface area (Å²) in [6, 6.07) is 13.0. The number of fused-ring (bicyclic) bond motifs is 3. The van der Waals surface area contributed by atoms with Crippen molar-refractivity contribution in [2.24, 2.45) is 5.92 Å². The number of rotatable bonds is 7. The number of nitrogens with one attached hydrogen (secondary N) is 2. The third-order valence-electron chi connectivity index (χ3n) is 7.20. The van der Waals surface area contributed by atoms with Crippen LogP contribution in [0.15, 0.2) is 54.7 Å². The first kappa shape index (κ1) is 25.3. The molecule has 9 heteroatoms. The van der Waals surface area contributed by atoms with Crippen molar-refractivity contribution in [3.63, 3.8) is 0 Å². The molecular formula is C29H27FN4O4. The van der Waals surface area contributed by atoms with E-state index in [1.165, 1.54) is 23.1 Å². The number of halogens is 1. The number of benzene rings is 2. The number of amides is 3. The Bertz CT molecular complexity index is 1470. The van der Waals surface area contributed by atoms with Gasteiger partial charge in [0.15, 0.2) is 0 Å². The van der Waals surface area contributed by atoms with Crippen LogP contribution >= 0.6 is 0 Å². The summed E-state index contributed by atoms with van der Waals surface area (Å²) in [5.74, 6) is -1.15. The van der Waals surface area contributed by atoms with Gasteiger partial charge in [-0.2, -0.15) is 0 Å². The molecule has 194 valence electrons.